The first-order valence-corrected chi connectivity index (χ1v) is 9.48. The Morgan fingerprint density at radius 2 is 1.83 bits per heavy atom. The van der Waals surface area contributed by atoms with Gasteiger partial charge in [0.25, 0.3) is 5.56 Å². The van der Waals surface area contributed by atoms with Crippen LogP contribution < -0.4 is 5.56 Å². The van der Waals surface area contributed by atoms with Crippen molar-refractivity contribution >= 4 is 16.7 Å². The van der Waals surface area contributed by atoms with Gasteiger partial charge in [0.05, 0.1) is 30.1 Å². The van der Waals surface area contributed by atoms with E-state index in [0.29, 0.717) is 24.3 Å². The van der Waals surface area contributed by atoms with Crippen LogP contribution in [0.25, 0.3) is 27.8 Å². The van der Waals surface area contributed by atoms with Crippen LogP contribution in [0, 0.1) is 0 Å². The van der Waals surface area contributed by atoms with E-state index in [1.807, 2.05) is 54.6 Å². The van der Waals surface area contributed by atoms with Crippen LogP contribution in [0.4, 0.5) is 0 Å². The molecular weight excluding hydrogens is 380 g/mol. The van der Waals surface area contributed by atoms with Crippen molar-refractivity contribution in [3.63, 3.8) is 0 Å². The minimum absolute atomic E-state index is 0.238. The molecule has 0 saturated carbocycles. The van der Waals surface area contributed by atoms with Crippen LogP contribution in [-0.2, 0) is 17.9 Å². The average molecular weight is 398 g/mol. The van der Waals surface area contributed by atoms with Gasteiger partial charge in [0, 0.05) is 19.5 Å². The number of nitrogens with zero attached hydrogens (tertiary/aromatic N) is 6. The van der Waals surface area contributed by atoms with E-state index in [1.54, 1.807) is 28.6 Å². The molecule has 148 valence electrons. The number of fused-ring (bicyclic) bond motifs is 3. The summed E-state index contributed by atoms with van der Waals surface area (Å²) in [6.07, 6.45) is 3.44. The van der Waals surface area contributed by atoms with Crippen molar-refractivity contribution in [1.82, 2.24) is 29.4 Å². The maximum Gasteiger partial charge on any atom is 0.280 e. The van der Waals surface area contributed by atoms with Crippen molar-refractivity contribution in [2.24, 2.45) is 0 Å². The summed E-state index contributed by atoms with van der Waals surface area (Å²) in [5.74, 6) is 0. The second-order valence-electron chi connectivity index (χ2n) is 6.86. The van der Waals surface area contributed by atoms with Gasteiger partial charge in [-0.3, -0.25) is 9.78 Å². The van der Waals surface area contributed by atoms with Crippen LogP contribution in [0.3, 0.4) is 0 Å². The highest BCUT2D eigenvalue weighted by molar-refractivity contribution is 5.84. The van der Waals surface area contributed by atoms with Gasteiger partial charge in [0.15, 0.2) is 11.2 Å². The van der Waals surface area contributed by atoms with Gasteiger partial charge < -0.3 is 9.30 Å². The van der Waals surface area contributed by atoms with Gasteiger partial charge in [-0.2, -0.15) is 5.10 Å². The number of methoxy groups -OCH3 is 1. The molecular formula is C22H18N6O2. The van der Waals surface area contributed by atoms with E-state index in [0.717, 1.165) is 22.5 Å². The van der Waals surface area contributed by atoms with Crippen LogP contribution in [0.5, 0.6) is 0 Å². The van der Waals surface area contributed by atoms with Crippen LogP contribution >= 0.6 is 0 Å². The van der Waals surface area contributed by atoms with Crippen LogP contribution in [-0.4, -0.2) is 36.5 Å². The molecule has 5 rings (SSSR count). The summed E-state index contributed by atoms with van der Waals surface area (Å²) in [5, 5.41) is 13.3. The van der Waals surface area contributed by atoms with E-state index in [9.17, 15) is 4.79 Å². The summed E-state index contributed by atoms with van der Waals surface area (Å²) in [5.41, 5.74) is 4.55. The Balaban J connectivity index is 1.70. The third-order valence-corrected chi connectivity index (χ3v) is 4.93. The van der Waals surface area contributed by atoms with E-state index < -0.39 is 0 Å². The normalized spacial score (nSPS) is 11.4. The number of rotatable bonds is 5. The lowest BCUT2D eigenvalue weighted by Gasteiger charge is -2.07. The van der Waals surface area contributed by atoms with Crippen molar-refractivity contribution < 1.29 is 4.74 Å². The Morgan fingerprint density at radius 1 is 1.00 bits per heavy atom. The largest absolute Gasteiger partial charge is 0.378 e. The topological polar surface area (TPSA) is 87.2 Å². The van der Waals surface area contributed by atoms with E-state index >= 15 is 0 Å². The third-order valence-electron chi connectivity index (χ3n) is 4.93. The van der Waals surface area contributed by atoms with Crippen molar-refractivity contribution in [2.45, 2.75) is 13.2 Å². The van der Waals surface area contributed by atoms with E-state index in [2.05, 4.69) is 15.2 Å². The number of pyridine rings is 2. The van der Waals surface area contributed by atoms with Gasteiger partial charge in [-0.25, -0.2) is 4.52 Å². The molecule has 8 nitrogen and oxygen atoms in total. The molecule has 0 N–H and O–H groups in total. The molecule has 0 atom stereocenters. The molecule has 8 heteroatoms. The van der Waals surface area contributed by atoms with Gasteiger partial charge in [-0.15, -0.1) is 10.2 Å². The third kappa shape index (κ3) is 3.03. The Labute approximate surface area is 171 Å². The maximum atomic E-state index is 13.0. The molecule has 0 aliphatic carbocycles. The van der Waals surface area contributed by atoms with Crippen LogP contribution in [0.2, 0.25) is 0 Å². The van der Waals surface area contributed by atoms with Gasteiger partial charge >= 0.3 is 0 Å². The summed E-state index contributed by atoms with van der Waals surface area (Å²) >= 11 is 0. The predicted molar refractivity (Wildman–Crippen MR) is 112 cm³/mol. The second kappa shape index (κ2) is 7.49. The van der Waals surface area contributed by atoms with Gasteiger partial charge in [0.1, 0.15) is 5.52 Å². The molecule has 5 aromatic rings. The molecule has 0 saturated heterocycles. The first-order valence-electron chi connectivity index (χ1n) is 9.48. The average Bonchev–Trinajstić information content (AvgIpc) is 3.15. The zero-order valence-corrected chi connectivity index (χ0v) is 16.3. The van der Waals surface area contributed by atoms with Gasteiger partial charge in [-0.05, 0) is 23.8 Å². The molecule has 0 unspecified atom stereocenters. The molecule has 4 aromatic heterocycles. The van der Waals surface area contributed by atoms with E-state index in [-0.39, 0.29) is 11.1 Å². The standard InChI is InChI=1S/C22H18N6O2/c1-30-14-17-19(15-7-3-2-4-8-15)21-25-24-20-18(28(21)26-17)10-12-27(22(20)29)13-16-9-5-6-11-23-16/h2-12H,13-14H2,1H3. The first kappa shape index (κ1) is 18.1. The van der Waals surface area contributed by atoms with E-state index in [1.165, 1.54) is 0 Å². The molecule has 0 aliphatic heterocycles. The Bertz CT molecular complexity index is 1390. The number of hydrogen-bond acceptors (Lipinski definition) is 6. The fourth-order valence-electron chi connectivity index (χ4n) is 3.56. The molecule has 0 amide bonds. The molecule has 0 fully saturated rings. The quantitative estimate of drug-likeness (QED) is 0.452. The fourth-order valence-corrected chi connectivity index (χ4v) is 3.56. The predicted octanol–water partition coefficient (Wildman–Crippen LogP) is 2.70. The van der Waals surface area contributed by atoms with Crippen molar-refractivity contribution in [3.8, 4) is 11.1 Å². The number of hydrogen-bond donors (Lipinski definition) is 0. The molecule has 4 heterocycles. The summed E-state index contributed by atoms with van der Waals surface area (Å²) in [7, 11) is 1.62. The van der Waals surface area contributed by atoms with Crippen molar-refractivity contribution in [1.29, 1.82) is 0 Å². The summed E-state index contributed by atoms with van der Waals surface area (Å²) in [6.45, 7) is 0.685. The zero-order chi connectivity index (χ0) is 20.5. The second-order valence-corrected chi connectivity index (χ2v) is 6.86. The lowest BCUT2D eigenvalue weighted by molar-refractivity contribution is 0.181. The number of aromatic nitrogens is 6. The highest BCUT2D eigenvalue weighted by Crippen LogP contribution is 2.28. The van der Waals surface area contributed by atoms with Crippen LogP contribution in [0.15, 0.2) is 71.8 Å². The van der Waals surface area contributed by atoms with E-state index in [4.69, 9.17) is 9.84 Å². The molecule has 0 aliphatic rings. The fraction of sp³-hybridized carbons (Fsp3) is 0.136. The van der Waals surface area contributed by atoms with Crippen molar-refractivity contribution in [3.05, 3.63) is 88.7 Å². The smallest absolute Gasteiger partial charge is 0.280 e. The molecule has 1 aromatic carbocycles. The zero-order valence-electron chi connectivity index (χ0n) is 16.3. The molecule has 0 radical (unpaired) electrons. The van der Waals surface area contributed by atoms with Crippen LogP contribution in [0.1, 0.15) is 11.4 Å². The Hall–Kier alpha value is -3.91. The summed E-state index contributed by atoms with van der Waals surface area (Å²) < 4.78 is 8.59. The first-order chi connectivity index (χ1) is 14.8. The monoisotopic (exact) mass is 398 g/mol. The lowest BCUT2D eigenvalue weighted by Crippen LogP contribution is -2.22. The maximum absolute atomic E-state index is 13.0. The highest BCUT2D eigenvalue weighted by atomic mass is 16.5. The Kier molecular flexibility index (Phi) is 4.53. The Morgan fingerprint density at radius 3 is 2.60 bits per heavy atom. The van der Waals surface area contributed by atoms with Gasteiger partial charge in [0.2, 0.25) is 0 Å². The number of benzene rings is 1. The summed E-state index contributed by atoms with van der Waals surface area (Å²) in [4.78, 5) is 17.3. The molecule has 30 heavy (non-hydrogen) atoms. The minimum atomic E-state index is -0.238. The van der Waals surface area contributed by atoms with Gasteiger partial charge in [-0.1, -0.05) is 36.4 Å². The lowest BCUT2D eigenvalue weighted by atomic mass is 10.1. The summed E-state index contributed by atoms with van der Waals surface area (Å²) in [6, 6.07) is 17.3. The molecule has 0 spiro atoms. The number of ether oxygens (including phenoxy) is 1. The molecule has 0 bridgehead atoms. The minimum Gasteiger partial charge on any atom is -0.378 e. The highest BCUT2D eigenvalue weighted by Gasteiger charge is 2.19. The SMILES string of the molecule is COCc1nn2c(nnc3c(=O)n(Cc4ccccn4)ccc32)c1-c1ccccc1. The van der Waals surface area contributed by atoms with Crippen molar-refractivity contribution in [2.75, 3.05) is 7.11 Å².